The fourth-order valence-electron chi connectivity index (χ4n) is 5.68. The molecule has 2 aromatic carbocycles. The van der Waals surface area contributed by atoms with Crippen LogP contribution in [0.2, 0.25) is 0 Å². The number of aromatic hydroxyl groups is 1. The van der Waals surface area contributed by atoms with Crippen molar-refractivity contribution in [3.05, 3.63) is 93.0 Å². The predicted octanol–water partition coefficient (Wildman–Crippen LogP) is 4.85. The van der Waals surface area contributed by atoms with Crippen molar-refractivity contribution >= 4 is 5.91 Å². The van der Waals surface area contributed by atoms with Crippen molar-refractivity contribution in [3.63, 3.8) is 0 Å². The van der Waals surface area contributed by atoms with E-state index in [0.29, 0.717) is 25.3 Å². The number of fused-ring (bicyclic) bond motifs is 1. The number of carbonyl (C=O) groups is 1. The molecule has 1 saturated heterocycles. The van der Waals surface area contributed by atoms with Crippen molar-refractivity contribution in [2.24, 2.45) is 0 Å². The van der Waals surface area contributed by atoms with Gasteiger partial charge in [0.15, 0.2) is 5.56 Å². The minimum atomic E-state index is -0.436. The lowest BCUT2D eigenvalue weighted by molar-refractivity contribution is 0.0783. The number of hydrogen-bond donors (Lipinski definition) is 1. The first kappa shape index (κ1) is 23.3. The number of aryl methyl sites for hydroxylation is 2. The number of rotatable bonds is 6. The highest BCUT2D eigenvalue weighted by molar-refractivity contribution is 5.96. The number of carbonyl (C=O) groups excluding carboxylic acids is 1. The number of likely N-dealkylation sites (tertiary alicyclic amines) is 1. The van der Waals surface area contributed by atoms with Gasteiger partial charge >= 0.3 is 0 Å². The Morgan fingerprint density at radius 3 is 2.66 bits per heavy atom. The molecule has 182 valence electrons. The third-order valence-corrected chi connectivity index (χ3v) is 7.53. The average molecular weight is 472 g/mol. The predicted molar refractivity (Wildman–Crippen MR) is 136 cm³/mol. The third-order valence-electron chi connectivity index (χ3n) is 7.53. The highest BCUT2D eigenvalue weighted by Crippen LogP contribution is 2.34. The van der Waals surface area contributed by atoms with Crippen LogP contribution in [0.1, 0.15) is 83.9 Å². The number of hydrogen-bond acceptors (Lipinski definition) is 4. The standard InChI is InChI=1S/C29H33N3O3/c1-2-3-16-25-30-27(33)26(28(34)31-18-17-22(19-31)20-10-5-4-6-11-20)29(35)32(25)24-15-9-13-21-12-7-8-14-23(21)24/h4-8,10-12,14,22,24,33H,2-3,9,13,15-19H2,1H3/t22-,24+/m1/s1. The van der Waals surface area contributed by atoms with Crippen molar-refractivity contribution in [1.29, 1.82) is 0 Å². The van der Waals surface area contributed by atoms with Gasteiger partial charge in [-0.25, -0.2) is 0 Å². The third kappa shape index (κ3) is 4.49. The number of nitrogens with zero attached hydrogens (tertiary/aromatic N) is 3. The zero-order valence-electron chi connectivity index (χ0n) is 20.3. The molecule has 5 rings (SSSR count). The Morgan fingerprint density at radius 2 is 1.86 bits per heavy atom. The number of amides is 1. The van der Waals surface area contributed by atoms with Gasteiger partial charge in [-0.15, -0.1) is 0 Å². The molecule has 1 aliphatic heterocycles. The van der Waals surface area contributed by atoms with E-state index < -0.39 is 17.3 Å². The lowest BCUT2D eigenvalue weighted by atomic mass is 9.87. The highest BCUT2D eigenvalue weighted by atomic mass is 16.3. The summed E-state index contributed by atoms with van der Waals surface area (Å²) in [6, 6.07) is 18.2. The van der Waals surface area contributed by atoms with Gasteiger partial charge in [0.05, 0.1) is 6.04 Å². The summed E-state index contributed by atoms with van der Waals surface area (Å²) in [4.78, 5) is 33.7. The number of aromatic nitrogens is 2. The molecule has 2 atom stereocenters. The summed E-state index contributed by atoms with van der Waals surface area (Å²) in [5, 5.41) is 10.8. The van der Waals surface area contributed by atoms with Crippen LogP contribution >= 0.6 is 0 Å². The molecule has 3 aromatic rings. The molecule has 0 radical (unpaired) electrons. The van der Waals surface area contributed by atoms with Crippen molar-refractivity contribution < 1.29 is 9.90 Å². The van der Waals surface area contributed by atoms with E-state index in [4.69, 9.17) is 0 Å². The van der Waals surface area contributed by atoms with Crippen LogP contribution in [-0.2, 0) is 12.8 Å². The molecular formula is C29H33N3O3. The van der Waals surface area contributed by atoms with Crippen LogP contribution in [0.15, 0.2) is 59.4 Å². The smallest absolute Gasteiger partial charge is 0.270 e. The number of unbranched alkanes of at least 4 members (excludes halogenated alkanes) is 1. The first-order valence-electron chi connectivity index (χ1n) is 12.8. The summed E-state index contributed by atoms with van der Waals surface area (Å²) in [6.07, 6.45) is 6.00. The maximum absolute atomic E-state index is 13.9. The van der Waals surface area contributed by atoms with Crippen LogP contribution in [0.5, 0.6) is 5.88 Å². The Balaban J connectivity index is 1.53. The second-order valence-electron chi connectivity index (χ2n) is 9.76. The van der Waals surface area contributed by atoms with Gasteiger partial charge in [-0.3, -0.25) is 14.2 Å². The molecule has 1 aliphatic carbocycles. The lowest BCUT2D eigenvalue weighted by Gasteiger charge is -2.29. The summed E-state index contributed by atoms with van der Waals surface area (Å²) in [5.74, 6) is -0.0596. The van der Waals surface area contributed by atoms with E-state index in [-0.39, 0.29) is 17.5 Å². The first-order chi connectivity index (χ1) is 17.1. The molecule has 1 fully saturated rings. The van der Waals surface area contributed by atoms with Gasteiger partial charge < -0.3 is 10.0 Å². The second-order valence-corrected chi connectivity index (χ2v) is 9.76. The van der Waals surface area contributed by atoms with E-state index in [1.807, 2.05) is 30.3 Å². The molecule has 0 spiro atoms. The summed E-state index contributed by atoms with van der Waals surface area (Å²) in [7, 11) is 0. The van der Waals surface area contributed by atoms with Crippen LogP contribution in [-0.4, -0.2) is 38.6 Å². The van der Waals surface area contributed by atoms with Gasteiger partial charge in [0, 0.05) is 25.4 Å². The van der Waals surface area contributed by atoms with Gasteiger partial charge in [0.1, 0.15) is 5.82 Å². The first-order valence-corrected chi connectivity index (χ1v) is 12.8. The van der Waals surface area contributed by atoms with E-state index in [1.165, 1.54) is 11.1 Å². The molecule has 0 unspecified atom stereocenters. The minimum Gasteiger partial charge on any atom is -0.493 e. The van der Waals surface area contributed by atoms with E-state index in [1.54, 1.807) is 9.47 Å². The topological polar surface area (TPSA) is 75.4 Å². The fourth-order valence-corrected chi connectivity index (χ4v) is 5.68. The average Bonchev–Trinajstić information content (AvgIpc) is 3.38. The van der Waals surface area contributed by atoms with E-state index in [0.717, 1.165) is 44.1 Å². The molecule has 0 saturated carbocycles. The van der Waals surface area contributed by atoms with Crippen LogP contribution < -0.4 is 5.56 Å². The van der Waals surface area contributed by atoms with Crippen molar-refractivity contribution in [2.45, 2.75) is 63.8 Å². The van der Waals surface area contributed by atoms with Gasteiger partial charge in [0.25, 0.3) is 11.5 Å². The largest absolute Gasteiger partial charge is 0.493 e. The van der Waals surface area contributed by atoms with E-state index >= 15 is 0 Å². The highest BCUT2D eigenvalue weighted by Gasteiger charge is 2.34. The molecule has 35 heavy (non-hydrogen) atoms. The molecule has 1 N–H and O–H groups in total. The Bertz CT molecular complexity index is 1270. The summed E-state index contributed by atoms with van der Waals surface area (Å²) in [5.41, 5.74) is 2.94. The van der Waals surface area contributed by atoms with Crippen LogP contribution in [0, 0.1) is 0 Å². The molecule has 1 amide bonds. The summed E-state index contributed by atoms with van der Waals surface area (Å²) in [6.45, 7) is 3.18. The van der Waals surface area contributed by atoms with Gasteiger partial charge in [-0.2, -0.15) is 4.98 Å². The maximum atomic E-state index is 13.9. The van der Waals surface area contributed by atoms with E-state index in [2.05, 4.69) is 36.2 Å². The fraction of sp³-hybridized carbons (Fsp3) is 0.414. The Labute approximate surface area is 206 Å². The SMILES string of the molecule is CCCCc1nc(O)c(C(=O)N2CC[C@@H](c3ccccc3)C2)c(=O)n1[C@H]1CCCc2ccccc21. The second kappa shape index (κ2) is 10.1. The monoisotopic (exact) mass is 471 g/mol. The Morgan fingerprint density at radius 1 is 1.09 bits per heavy atom. The van der Waals surface area contributed by atoms with Gasteiger partial charge in [-0.05, 0) is 48.8 Å². The van der Waals surface area contributed by atoms with Gasteiger partial charge in [-0.1, -0.05) is 67.9 Å². The van der Waals surface area contributed by atoms with Gasteiger partial charge in [0.2, 0.25) is 5.88 Å². The molecule has 1 aromatic heterocycles. The molecule has 2 heterocycles. The Hall–Kier alpha value is -3.41. The molecular weight excluding hydrogens is 438 g/mol. The Kier molecular flexibility index (Phi) is 6.71. The quantitative estimate of drug-likeness (QED) is 0.558. The van der Waals surface area contributed by atoms with E-state index in [9.17, 15) is 14.7 Å². The molecule has 0 bridgehead atoms. The zero-order valence-corrected chi connectivity index (χ0v) is 20.3. The number of benzene rings is 2. The van der Waals surface area contributed by atoms with Crippen molar-refractivity contribution in [3.8, 4) is 5.88 Å². The minimum absolute atomic E-state index is 0.172. The molecule has 6 heteroatoms. The lowest BCUT2D eigenvalue weighted by Crippen LogP contribution is -2.39. The molecule has 2 aliphatic rings. The maximum Gasteiger partial charge on any atom is 0.270 e. The summed E-state index contributed by atoms with van der Waals surface area (Å²) < 4.78 is 1.71. The van der Waals surface area contributed by atoms with Crippen LogP contribution in [0.4, 0.5) is 0 Å². The van der Waals surface area contributed by atoms with Crippen molar-refractivity contribution in [2.75, 3.05) is 13.1 Å². The van der Waals surface area contributed by atoms with Crippen molar-refractivity contribution in [1.82, 2.24) is 14.5 Å². The van der Waals surface area contributed by atoms with Crippen LogP contribution in [0.3, 0.4) is 0 Å². The zero-order chi connectivity index (χ0) is 24.4. The van der Waals surface area contributed by atoms with Crippen LogP contribution in [0.25, 0.3) is 0 Å². The molecule has 6 nitrogen and oxygen atoms in total. The summed E-state index contributed by atoms with van der Waals surface area (Å²) >= 11 is 0. The normalized spacial score (nSPS) is 19.5.